The molecule has 1 atom stereocenters. The van der Waals surface area contributed by atoms with Crippen LogP contribution in [0.5, 0.6) is 0 Å². The predicted octanol–water partition coefficient (Wildman–Crippen LogP) is 3.74. The van der Waals surface area contributed by atoms with Gasteiger partial charge in [0.05, 0.1) is 0 Å². The molecule has 0 radical (unpaired) electrons. The Bertz CT molecular complexity index is 554. The molecule has 2 aromatic rings. The average Bonchev–Trinajstić information content (AvgIpc) is 2.77. The topological polar surface area (TPSA) is 39.4 Å². The van der Waals surface area contributed by atoms with Crippen LogP contribution < -0.4 is 0 Å². The molecule has 0 aliphatic heterocycles. The maximum atomic E-state index is 12.2. The van der Waals surface area contributed by atoms with Crippen molar-refractivity contribution in [1.29, 1.82) is 0 Å². The Balaban J connectivity index is 2.32. The Hall–Kier alpha value is -1.61. The van der Waals surface area contributed by atoms with Gasteiger partial charge in [-0.1, -0.05) is 25.0 Å². The lowest BCUT2D eigenvalue weighted by Crippen LogP contribution is -2.22. The number of furan rings is 1. The Morgan fingerprint density at radius 1 is 1.39 bits per heavy atom. The highest BCUT2D eigenvalue weighted by Crippen LogP contribution is 2.22. The lowest BCUT2D eigenvalue weighted by molar-refractivity contribution is 0.0553. The number of rotatable bonds is 5. The molecule has 1 aromatic heterocycles. The summed E-state index contributed by atoms with van der Waals surface area (Å²) in [6.45, 7) is 4.05. The van der Waals surface area contributed by atoms with Gasteiger partial charge in [-0.2, -0.15) is 0 Å². The largest absolute Gasteiger partial charge is 0.453 e. The van der Waals surface area contributed by atoms with Gasteiger partial charge in [0.2, 0.25) is 5.78 Å². The number of hydrogen-bond acceptors (Lipinski definition) is 3. The fourth-order valence-electron chi connectivity index (χ4n) is 2.06. The van der Waals surface area contributed by atoms with E-state index in [1.165, 1.54) is 0 Å². The summed E-state index contributed by atoms with van der Waals surface area (Å²) in [5.41, 5.74) is 1.90. The van der Waals surface area contributed by atoms with Gasteiger partial charge in [-0.25, -0.2) is 0 Å². The molecular weight excluding hydrogens is 228 g/mol. The maximum absolute atomic E-state index is 12.2. The minimum absolute atomic E-state index is 0.0757. The van der Waals surface area contributed by atoms with Crippen LogP contribution in [-0.4, -0.2) is 19.0 Å². The van der Waals surface area contributed by atoms with Gasteiger partial charge < -0.3 is 9.15 Å². The molecule has 0 bridgehead atoms. The molecule has 0 aliphatic rings. The zero-order valence-electron chi connectivity index (χ0n) is 11.0. The third-order valence-electron chi connectivity index (χ3n) is 3.04. The molecule has 3 heteroatoms. The van der Waals surface area contributed by atoms with Gasteiger partial charge in [-0.05, 0) is 31.5 Å². The van der Waals surface area contributed by atoms with Crippen LogP contribution in [0.3, 0.4) is 0 Å². The number of hydrogen-bond donors (Lipinski definition) is 0. The Morgan fingerprint density at radius 2 is 2.17 bits per heavy atom. The van der Waals surface area contributed by atoms with Crippen LogP contribution in [0, 0.1) is 6.92 Å². The first kappa shape index (κ1) is 12.8. The molecule has 1 aromatic carbocycles. The molecule has 0 aliphatic carbocycles. The van der Waals surface area contributed by atoms with Crippen LogP contribution in [0.1, 0.15) is 35.9 Å². The highest BCUT2D eigenvalue weighted by molar-refractivity contribution is 6.00. The minimum Gasteiger partial charge on any atom is -0.453 e. The van der Waals surface area contributed by atoms with E-state index in [4.69, 9.17) is 9.15 Å². The van der Waals surface area contributed by atoms with Crippen molar-refractivity contribution in [2.45, 2.75) is 32.8 Å². The second-order valence-corrected chi connectivity index (χ2v) is 4.53. The lowest BCUT2D eigenvalue weighted by Gasteiger charge is -2.10. The van der Waals surface area contributed by atoms with Crippen molar-refractivity contribution in [2.24, 2.45) is 0 Å². The Kier molecular flexibility index (Phi) is 3.82. The SMILES string of the molecule is CCCC(OC)C(=O)c1cc2cc(C)ccc2o1. The van der Waals surface area contributed by atoms with E-state index in [-0.39, 0.29) is 5.78 Å². The molecule has 3 nitrogen and oxygen atoms in total. The normalized spacial score (nSPS) is 12.8. The molecular formula is C15H18O3. The van der Waals surface area contributed by atoms with Crippen LogP contribution >= 0.6 is 0 Å². The molecule has 0 fully saturated rings. The van der Waals surface area contributed by atoms with Crippen molar-refractivity contribution >= 4 is 16.8 Å². The molecule has 0 amide bonds. The number of benzene rings is 1. The smallest absolute Gasteiger partial charge is 0.226 e. The van der Waals surface area contributed by atoms with E-state index in [1.54, 1.807) is 13.2 Å². The summed E-state index contributed by atoms with van der Waals surface area (Å²) >= 11 is 0. The van der Waals surface area contributed by atoms with Gasteiger partial charge in [0.1, 0.15) is 11.7 Å². The van der Waals surface area contributed by atoms with Gasteiger partial charge in [-0.3, -0.25) is 4.79 Å². The summed E-state index contributed by atoms with van der Waals surface area (Å²) in [5.74, 6) is 0.309. The molecule has 0 spiro atoms. The third-order valence-corrected chi connectivity index (χ3v) is 3.04. The fraction of sp³-hybridized carbons (Fsp3) is 0.400. The highest BCUT2D eigenvalue weighted by atomic mass is 16.5. The second kappa shape index (κ2) is 5.36. The molecule has 96 valence electrons. The molecule has 1 heterocycles. The zero-order valence-corrected chi connectivity index (χ0v) is 11.0. The van der Waals surface area contributed by atoms with Crippen LogP contribution in [0.25, 0.3) is 11.0 Å². The zero-order chi connectivity index (χ0) is 13.1. The maximum Gasteiger partial charge on any atom is 0.226 e. The molecule has 1 unspecified atom stereocenters. The number of aryl methyl sites for hydroxylation is 1. The van der Waals surface area contributed by atoms with Crippen LogP contribution in [0.2, 0.25) is 0 Å². The number of carbonyl (C=O) groups excluding carboxylic acids is 1. The molecule has 0 N–H and O–H groups in total. The number of Topliss-reactive ketones (excluding diaryl/α,β-unsaturated/α-hetero) is 1. The van der Waals surface area contributed by atoms with Gasteiger partial charge in [0, 0.05) is 12.5 Å². The van der Waals surface area contributed by atoms with E-state index in [1.807, 2.05) is 32.0 Å². The van der Waals surface area contributed by atoms with Crippen molar-refractivity contribution in [2.75, 3.05) is 7.11 Å². The number of carbonyl (C=O) groups is 1. The van der Waals surface area contributed by atoms with E-state index in [2.05, 4.69) is 0 Å². The Morgan fingerprint density at radius 3 is 2.83 bits per heavy atom. The first-order valence-electron chi connectivity index (χ1n) is 6.23. The van der Waals surface area contributed by atoms with Crippen LogP contribution in [0.15, 0.2) is 28.7 Å². The molecule has 18 heavy (non-hydrogen) atoms. The van der Waals surface area contributed by atoms with Crippen molar-refractivity contribution in [1.82, 2.24) is 0 Å². The van der Waals surface area contributed by atoms with E-state index in [9.17, 15) is 4.79 Å². The monoisotopic (exact) mass is 246 g/mol. The number of methoxy groups -OCH3 is 1. The summed E-state index contributed by atoms with van der Waals surface area (Å²) in [5, 5.41) is 0.963. The standard InChI is InChI=1S/C15H18O3/c1-4-5-13(17-3)15(16)14-9-11-8-10(2)6-7-12(11)18-14/h6-9,13H,4-5H2,1-3H3. The van der Waals surface area contributed by atoms with Crippen molar-refractivity contribution in [3.63, 3.8) is 0 Å². The number of fused-ring (bicyclic) bond motifs is 1. The summed E-state index contributed by atoms with van der Waals surface area (Å²) in [6, 6.07) is 7.67. The Labute approximate surface area is 107 Å². The number of ketones is 1. The molecule has 2 rings (SSSR count). The van der Waals surface area contributed by atoms with E-state index in [0.29, 0.717) is 12.2 Å². The van der Waals surface area contributed by atoms with E-state index < -0.39 is 6.10 Å². The minimum atomic E-state index is -0.406. The van der Waals surface area contributed by atoms with Crippen molar-refractivity contribution in [3.8, 4) is 0 Å². The quantitative estimate of drug-likeness (QED) is 0.754. The van der Waals surface area contributed by atoms with Gasteiger partial charge in [-0.15, -0.1) is 0 Å². The van der Waals surface area contributed by atoms with Crippen LogP contribution in [0.4, 0.5) is 0 Å². The van der Waals surface area contributed by atoms with Crippen molar-refractivity contribution in [3.05, 3.63) is 35.6 Å². The first-order valence-corrected chi connectivity index (χ1v) is 6.23. The van der Waals surface area contributed by atoms with Crippen LogP contribution in [-0.2, 0) is 4.74 Å². The summed E-state index contributed by atoms with van der Waals surface area (Å²) in [6.07, 6.45) is 1.21. The highest BCUT2D eigenvalue weighted by Gasteiger charge is 2.22. The van der Waals surface area contributed by atoms with E-state index in [0.717, 1.165) is 23.0 Å². The fourth-order valence-corrected chi connectivity index (χ4v) is 2.06. The first-order chi connectivity index (χ1) is 8.65. The summed E-state index contributed by atoms with van der Waals surface area (Å²) in [4.78, 5) is 12.2. The number of ether oxygens (including phenoxy) is 1. The van der Waals surface area contributed by atoms with Gasteiger partial charge in [0.25, 0.3) is 0 Å². The summed E-state index contributed by atoms with van der Waals surface area (Å²) in [7, 11) is 1.56. The molecule has 0 saturated heterocycles. The lowest BCUT2D eigenvalue weighted by atomic mass is 10.1. The second-order valence-electron chi connectivity index (χ2n) is 4.53. The predicted molar refractivity (Wildman–Crippen MR) is 71.0 cm³/mol. The average molecular weight is 246 g/mol. The van der Waals surface area contributed by atoms with Gasteiger partial charge in [0.15, 0.2) is 5.76 Å². The third kappa shape index (κ3) is 2.46. The molecule has 0 saturated carbocycles. The van der Waals surface area contributed by atoms with Gasteiger partial charge >= 0.3 is 0 Å². The summed E-state index contributed by atoms with van der Waals surface area (Å²) < 4.78 is 10.8. The van der Waals surface area contributed by atoms with E-state index >= 15 is 0 Å². The van der Waals surface area contributed by atoms with Crippen molar-refractivity contribution < 1.29 is 13.9 Å².